The summed E-state index contributed by atoms with van der Waals surface area (Å²) in [7, 11) is -3.72. The molecule has 1 unspecified atom stereocenters. The summed E-state index contributed by atoms with van der Waals surface area (Å²) in [5, 5.41) is 3.46. The van der Waals surface area contributed by atoms with Gasteiger partial charge in [0.1, 0.15) is 4.90 Å². The Kier molecular flexibility index (Phi) is 3.91. The zero-order chi connectivity index (χ0) is 14.2. The number of nitrogens with zero attached hydrogens (tertiary/aromatic N) is 3. The molecule has 1 fully saturated rings. The number of sulfonamides is 1. The zero-order valence-electron chi connectivity index (χ0n) is 10.9. The van der Waals surface area contributed by atoms with Crippen LogP contribution in [0, 0.1) is 12.8 Å². The number of hydrogen-bond donors (Lipinski definition) is 0. The topological polar surface area (TPSA) is 55.2 Å². The van der Waals surface area contributed by atoms with E-state index < -0.39 is 16.6 Å². The maximum atomic E-state index is 12.6. The number of hydrogen-bond acceptors (Lipinski definition) is 3. The van der Waals surface area contributed by atoms with Crippen molar-refractivity contribution in [3.63, 3.8) is 0 Å². The Morgan fingerprint density at radius 3 is 2.68 bits per heavy atom. The molecule has 0 aromatic carbocycles. The first-order valence-electron chi connectivity index (χ1n) is 6.16. The monoisotopic (exact) mass is 293 g/mol. The summed E-state index contributed by atoms with van der Waals surface area (Å²) in [5.74, 6) is 0.286. The van der Waals surface area contributed by atoms with Crippen LogP contribution in [-0.2, 0) is 10.0 Å². The fourth-order valence-corrected chi connectivity index (χ4v) is 4.11. The van der Waals surface area contributed by atoms with E-state index in [-0.39, 0.29) is 16.5 Å². The molecule has 1 atom stereocenters. The quantitative estimate of drug-likeness (QED) is 0.856. The summed E-state index contributed by atoms with van der Waals surface area (Å²) < 4.78 is 51.9. The lowest BCUT2D eigenvalue weighted by Gasteiger charge is -2.29. The van der Waals surface area contributed by atoms with E-state index in [9.17, 15) is 17.2 Å². The van der Waals surface area contributed by atoms with Crippen molar-refractivity contribution in [1.29, 1.82) is 0 Å². The molecule has 1 aliphatic rings. The van der Waals surface area contributed by atoms with Gasteiger partial charge in [-0.15, -0.1) is 0 Å². The fraction of sp³-hybridized carbons (Fsp3) is 0.727. The highest BCUT2D eigenvalue weighted by atomic mass is 32.2. The summed E-state index contributed by atoms with van der Waals surface area (Å²) in [6, 6.07) is 0. The second kappa shape index (κ2) is 5.16. The van der Waals surface area contributed by atoms with E-state index in [0.29, 0.717) is 17.8 Å². The Balaban J connectivity index is 2.34. The van der Waals surface area contributed by atoms with Crippen LogP contribution in [0.15, 0.2) is 11.1 Å². The van der Waals surface area contributed by atoms with Gasteiger partial charge in [-0.05, 0) is 25.7 Å². The molecule has 0 saturated carbocycles. The normalized spacial score (nSPS) is 22.1. The van der Waals surface area contributed by atoms with Gasteiger partial charge in [-0.25, -0.2) is 13.1 Å². The lowest BCUT2D eigenvalue weighted by atomic mass is 10.0. The van der Waals surface area contributed by atoms with Crippen LogP contribution in [0.1, 0.15) is 32.0 Å². The largest absolute Gasteiger partial charge is 0.333 e. The van der Waals surface area contributed by atoms with Gasteiger partial charge >= 0.3 is 6.55 Å². The Morgan fingerprint density at radius 1 is 1.47 bits per heavy atom. The molecule has 1 aromatic rings. The van der Waals surface area contributed by atoms with Gasteiger partial charge in [-0.1, -0.05) is 6.92 Å². The summed E-state index contributed by atoms with van der Waals surface area (Å²) >= 11 is 0. The minimum Gasteiger partial charge on any atom is -0.207 e. The maximum Gasteiger partial charge on any atom is 0.333 e. The fourth-order valence-electron chi connectivity index (χ4n) is 2.36. The lowest BCUT2D eigenvalue weighted by Crippen LogP contribution is -2.39. The molecule has 0 aliphatic carbocycles. The number of aromatic nitrogens is 2. The highest BCUT2D eigenvalue weighted by molar-refractivity contribution is 7.89. The van der Waals surface area contributed by atoms with Gasteiger partial charge in [-0.3, -0.25) is 0 Å². The van der Waals surface area contributed by atoms with E-state index in [2.05, 4.69) is 5.10 Å². The standard InChI is InChI=1S/C11H17F2N3O2S/c1-8-4-3-5-15(7-8)19(17,18)10-6-14-16(9(10)2)11(12)13/h6,8,11H,3-5,7H2,1-2H3. The van der Waals surface area contributed by atoms with E-state index >= 15 is 0 Å². The van der Waals surface area contributed by atoms with Crippen LogP contribution in [-0.4, -0.2) is 35.6 Å². The highest BCUT2D eigenvalue weighted by Gasteiger charge is 2.32. The summed E-state index contributed by atoms with van der Waals surface area (Å²) in [4.78, 5) is -0.123. The van der Waals surface area contributed by atoms with Crippen molar-refractivity contribution >= 4 is 10.0 Å². The third kappa shape index (κ3) is 2.64. The molecule has 0 bridgehead atoms. The predicted octanol–water partition coefficient (Wildman–Crippen LogP) is 2.01. The van der Waals surface area contributed by atoms with Crippen LogP contribution < -0.4 is 0 Å². The van der Waals surface area contributed by atoms with Crippen LogP contribution in [0.25, 0.3) is 0 Å². The van der Waals surface area contributed by atoms with E-state index in [1.807, 2.05) is 6.92 Å². The Labute approximate surface area is 111 Å². The van der Waals surface area contributed by atoms with Crippen molar-refractivity contribution < 1.29 is 17.2 Å². The molecule has 5 nitrogen and oxygen atoms in total. The van der Waals surface area contributed by atoms with Gasteiger partial charge in [0.15, 0.2) is 0 Å². The van der Waals surface area contributed by atoms with Gasteiger partial charge in [0.2, 0.25) is 10.0 Å². The third-order valence-electron chi connectivity index (χ3n) is 3.42. The van der Waals surface area contributed by atoms with Gasteiger partial charge < -0.3 is 0 Å². The van der Waals surface area contributed by atoms with Gasteiger partial charge in [-0.2, -0.15) is 18.2 Å². The van der Waals surface area contributed by atoms with Gasteiger partial charge in [0.25, 0.3) is 0 Å². The molecule has 2 rings (SSSR count). The molecular weight excluding hydrogens is 276 g/mol. The average molecular weight is 293 g/mol. The summed E-state index contributed by atoms with van der Waals surface area (Å²) in [5.41, 5.74) is -0.0202. The second-order valence-electron chi connectivity index (χ2n) is 4.93. The molecule has 0 N–H and O–H groups in total. The lowest BCUT2D eigenvalue weighted by molar-refractivity contribution is 0.0541. The minimum atomic E-state index is -3.72. The second-order valence-corrected chi connectivity index (χ2v) is 6.83. The van der Waals surface area contributed by atoms with Crippen LogP contribution >= 0.6 is 0 Å². The predicted molar refractivity (Wildman–Crippen MR) is 65.4 cm³/mol. The summed E-state index contributed by atoms with van der Waals surface area (Å²) in [6.07, 6.45) is 2.79. The molecule has 1 saturated heterocycles. The van der Waals surface area contributed by atoms with Crippen molar-refractivity contribution in [3.8, 4) is 0 Å². The molecule has 0 radical (unpaired) electrons. The van der Waals surface area contributed by atoms with E-state index in [0.717, 1.165) is 19.0 Å². The molecule has 8 heteroatoms. The van der Waals surface area contributed by atoms with Crippen molar-refractivity contribution in [1.82, 2.24) is 14.1 Å². The Hall–Kier alpha value is -1.02. The Morgan fingerprint density at radius 2 is 2.16 bits per heavy atom. The number of halogens is 2. The first-order valence-corrected chi connectivity index (χ1v) is 7.60. The number of alkyl halides is 2. The van der Waals surface area contributed by atoms with Crippen LogP contribution in [0.4, 0.5) is 8.78 Å². The zero-order valence-corrected chi connectivity index (χ0v) is 11.7. The average Bonchev–Trinajstić information content (AvgIpc) is 2.71. The summed E-state index contributed by atoms with van der Waals surface area (Å²) in [6.45, 7) is 1.37. The van der Waals surface area contributed by atoms with Crippen molar-refractivity contribution in [2.75, 3.05) is 13.1 Å². The van der Waals surface area contributed by atoms with Crippen LogP contribution in [0.3, 0.4) is 0 Å². The molecule has 0 amide bonds. The van der Waals surface area contributed by atoms with Crippen molar-refractivity contribution in [2.24, 2.45) is 5.92 Å². The first-order chi connectivity index (χ1) is 8.84. The first kappa shape index (κ1) is 14.4. The smallest absolute Gasteiger partial charge is 0.207 e. The molecule has 19 heavy (non-hydrogen) atoms. The third-order valence-corrected chi connectivity index (χ3v) is 5.39. The molecule has 0 spiro atoms. The van der Waals surface area contributed by atoms with Crippen molar-refractivity contribution in [2.45, 2.75) is 38.1 Å². The Bertz CT molecular complexity index is 556. The highest BCUT2D eigenvalue weighted by Crippen LogP contribution is 2.26. The van der Waals surface area contributed by atoms with Gasteiger partial charge in [0.05, 0.1) is 11.9 Å². The van der Waals surface area contributed by atoms with E-state index in [4.69, 9.17) is 0 Å². The molecular formula is C11H17F2N3O2S. The van der Waals surface area contributed by atoms with Crippen molar-refractivity contribution in [3.05, 3.63) is 11.9 Å². The van der Waals surface area contributed by atoms with Crippen LogP contribution in [0.5, 0.6) is 0 Å². The maximum absolute atomic E-state index is 12.6. The van der Waals surface area contributed by atoms with E-state index in [1.165, 1.54) is 11.2 Å². The molecule has 2 heterocycles. The minimum absolute atomic E-state index is 0.0202. The number of rotatable bonds is 3. The molecule has 1 aromatic heterocycles. The van der Waals surface area contributed by atoms with Gasteiger partial charge in [0, 0.05) is 13.1 Å². The SMILES string of the molecule is Cc1c(S(=O)(=O)N2CCCC(C)C2)cnn1C(F)F. The molecule has 108 valence electrons. The number of piperidine rings is 1. The molecule has 1 aliphatic heterocycles. The van der Waals surface area contributed by atoms with Crippen LogP contribution in [0.2, 0.25) is 0 Å². The van der Waals surface area contributed by atoms with E-state index in [1.54, 1.807) is 0 Å².